The number of aromatic amines is 1. The molecule has 2 aromatic heterocycles. The van der Waals surface area contributed by atoms with Gasteiger partial charge in [0.05, 0.1) is 5.52 Å². The van der Waals surface area contributed by atoms with E-state index in [1.807, 2.05) is 25.1 Å². The summed E-state index contributed by atoms with van der Waals surface area (Å²) >= 11 is 0. The molecule has 6 rings (SSSR count). The second-order valence-corrected chi connectivity index (χ2v) is 8.44. The molecule has 0 radical (unpaired) electrons. The fourth-order valence-corrected chi connectivity index (χ4v) is 4.83. The van der Waals surface area contributed by atoms with Crippen molar-refractivity contribution in [2.24, 2.45) is 0 Å². The van der Waals surface area contributed by atoms with Crippen LogP contribution in [0.4, 0.5) is 0 Å². The molecule has 1 aliphatic heterocycles. The molecule has 2 aromatic carbocycles. The first kappa shape index (κ1) is 22.7. The average Bonchev–Trinajstić information content (AvgIpc) is 3.15. The Kier molecular flexibility index (Phi) is 6.52. The zero-order chi connectivity index (χ0) is 20.1. The molecule has 0 bridgehead atoms. The van der Waals surface area contributed by atoms with Crippen molar-refractivity contribution < 1.29 is 9.47 Å². The summed E-state index contributed by atoms with van der Waals surface area (Å²) in [5.41, 5.74) is 6.07. The van der Waals surface area contributed by atoms with Gasteiger partial charge in [0.15, 0.2) is 11.5 Å². The molecule has 32 heavy (non-hydrogen) atoms. The van der Waals surface area contributed by atoms with Crippen molar-refractivity contribution in [2.75, 3.05) is 13.2 Å². The van der Waals surface area contributed by atoms with Crippen LogP contribution in [-0.2, 0) is 12.8 Å². The Morgan fingerprint density at radius 3 is 2.84 bits per heavy atom. The number of H-pyrrole nitrogens is 1. The van der Waals surface area contributed by atoms with Crippen LogP contribution in [0.1, 0.15) is 23.4 Å². The first-order valence-electron chi connectivity index (χ1n) is 10.8. The Labute approximate surface area is 199 Å². The van der Waals surface area contributed by atoms with Crippen LogP contribution >= 0.6 is 24.8 Å². The molecule has 3 heterocycles. The first-order chi connectivity index (χ1) is 14.7. The lowest BCUT2D eigenvalue weighted by molar-refractivity contribution is 0.0896. The van der Waals surface area contributed by atoms with E-state index in [0.717, 1.165) is 53.9 Å². The highest BCUT2D eigenvalue weighted by Crippen LogP contribution is 2.38. The van der Waals surface area contributed by atoms with Crippen LogP contribution in [0, 0.1) is 6.92 Å². The van der Waals surface area contributed by atoms with Gasteiger partial charge in [-0.2, -0.15) is 0 Å². The van der Waals surface area contributed by atoms with Gasteiger partial charge in [0, 0.05) is 46.7 Å². The van der Waals surface area contributed by atoms with Crippen molar-refractivity contribution in [1.82, 2.24) is 15.3 Å². The molecule has 1 aliphatic carbocycles. The molecule has 5 nitrogen and oxygen atoms in total. The quantitative estimate of drug-likeness (QED) is 0.433. The van der Waals surface area contributed by atoms with E-state index < -0.39 is 0 Å². The van der Waals surface area contributed by atoms with Gasteiger partial charge in [-0.1, -0.05) is 18.2 Å². The van der Waals surface area contributed by atoms with E-state index in [1.165, 1.54) is 22.2 Å². The van der Waals surface area contributed by atoms with Crippen molar-refractivity contribution in [3.05, 3.63) is 65.5 Å². The van der Waals surface area contributed by atoms with Gasteiger partial charge < -0.3 is 19.8 Å². The monoisotopic (exact) mass is 471 g/mol. The lowest BCUT2D eigenvalue weighted by Gasteiger charge is -2.30. The van der Waals surface area contributed by atoms with E-state index in [2.05, 4.69) is 45.6 Å². The number of ether oxygens (including phenoxy) is 2. The fraction of sp³-hybridized carbons (Fsp3) is 0.320. The predicted octanol–water partition coefficient (Wildman–Crippen LogP) is 5.16. The van der Waals surface area contributed by atoms with Gasteiger partial charge in [-0.3, -0.25) is 4.98 Å². The smallest absolute Gasteiger partial charge is 0.171 e. The summed E-state index contributed by atoms with van der Waals surface area (Å²) in [6, 6.07) is 17.1. The highest BCUT2D eigenvalue weighted by molar-refractivity contribution is 5.88. The molecule has 0 fully saturated rings. The molecule has 0 saturated heterocycles. The van der Waals surface area contributed by atoms with E-state index in [0.29, 0.717) is 12.6 Å². The number of nitrogens with zero attached hydrogens (tertiary/aromatic N) is 1. The number of fused-ring (bicyclic) bond motifs is 6. The molecule has 0 spiro atoms. The summed E-state index contributed by atoms with van der Waals surface area (Å²) in [6.07, 6.45) is 3.27. The molecule has 0 saturated carbocycles. The number of hydrogen-bond acceptors (Lipinski definition) is 4. The number of rotatable bonds is 3. The molecular formula is C25H27Cl2N3O2. The topological polar surface area (TPSA) is 59.2 Å². The number of aryl methyl sites for hydroxylation is 2. The largest absolute Gasteiger partial charge is 0.486 e. The third-order valence-electron chi connectivity index (χ3n) is 6.36. The van der Waals surface area contributed by atoms with E-state index in [4.69, 9.17) is 9.47 Å². The molecule has 2 atom stereocenters. The third-order valence-corrected chi connectivity index (χ3v) is 6.36. The maximum Gasteiger partial charge on any atom is 0.171 e. The number of para-hydroxylation sites is 1. The van der Waals surface area contributed by atoms with E-state index >= 15 is 0 Å². The second-order valence-electron chi connectivity index (χ2n) is 8.44. The minimum Gasteiger partial charge on any atom is -0.486 e. The van der Waals surface area contributed by atoms with Crippen LogP contribution in [0.2, 0.25) is 0 Å². The molecule has 1 unspecified atom stereocenters. The zero-order valence-electron chi connectivity index (χ0n) is 17.9. The Bertz CT molecular complexity index is 1260. The third kappa shape index (κ3) is 4.01. The lowest BCUT2D eigenvalue weighted by atomic mass is 9.91. The molecule has 2 aliphatic rings. The Morgan fingerprint density at radius 2 is 1.94 bits per heavy atom. The highest BCUT2D eigenvalue weighted by Gasteiger charge is 2.26. The van der Waals surface area contributed by atoms with Gasteiger partial charge >= 0.3 is 0 Å². The molecule has 0 amide bonds. The lowest BCUT2D eigenvalue weighted by Crippen LogP contribution is -2.44. The van der Waals surface area contributed by atoms with Gasteiger partial charge in [-0.25, -0.2) is 0 Å². The van der Waals surface area contributed by atoms with Crippen molar-refractivity contribution in [1.29, 1.82) is 0 Å². The molecule has 7 heteroatoms. The number of hydrogen-bond donors (Lipinski definition) is 2. The van der Waals surface area contributed by atoms with E-state index in [-0.39, 0.29) is 30.9 Å². The van der Waals surface area contributed by atoms with Gasteiger partial charge in [0.2, 0.25) is 0 Å². The van der Waals surface area contributed by atoms with Crippen molar-refractivity contribution in [3.8, 4) is 11.5 Å². The van der Waals surface area contributed by atoms with E-state index in [1.54, 1.807) is 0 Å². The summed E-state index contributed by atoms with van der Waals surface area (Å²) in [7, 11) is 0. The highest BCUT2D eigenvalue weighted by atomic mass is 35.5. The van der Waals surface area contributed by atoms with Crippen LogP contribution in [0.3, 0.4) is 0 Å². The predicted molar refractivity (Wildman–Crippen MR) is 133 cm³/mol. The minimum atomic E-state index is -0.00601. The summed E-state index contributed by atoms with van der Waals surface area (Å²) < 4.78 is 12.4. The zero-order valence-corrected chi connectivity index (χ0v) is 19.5. The number of pyridine rings is 1. The summed E-state index contributed by atoms with van der Waals surface area (Å²) in [4.78, 5) is 8.23. The SMILES string of the molecule is Cc1ccc2c3c(ccc2n1)OC[C@H](CNC1CCc2c([nH]c4ccccc24)C1)O3.Cl.Cl. The van der Waals surface area contributed by atoms with E-state index in [9.17, 15) is 0 Å². The van der Waals surface area contributed by atoms with Crippen LogP contribution in [0.5, 0.6) is 11.5 Å². The summed E-state index contributed by atoms with van der Waals surface area (Å²) in [5, 5.41) is 6.12. The van der Waals surface area contributed by atoms with Crippen LogP contribution in [0.25, 0.3) is 21.8 Å². The van der Waals surface area contributed by atoms with Crippen LogP contribution in [-0.4, -0.2) is 35.3 Å². The van der Waals surface area contributed by atoms with Gasteiger partial charge in [0.1, 0.15) is 12.7 Å². The Balaban J connectivity index is 0.00000122. The Morgan fingerprint density at radius 1 is 1.06 bits per heavy atom. The molecule has 2 N–H and O–H groups in total. The summed E-state index contributed by atoms with van der Waals surface area (Å²) in [5.74, 6) is 1.63. The van der Waals surface area contributed by atoms with Gasteiger partial charge in [0.25, 0.3) is 0 Å². The molecule has 4 aromatic rings. The van der Waals surface area contributed by atoms with Crippen molar-refractivity contribution in [3.63, 3.8) is 0 Å². The minimum absolute atomic E-state index is 0. The average molecular weight is 472 g/mol. The number of nitrogens with one attached hydrogen (secondary N) is 2. The standard InChI is InChI=1S/C25H25N3O2.2ClH/c1-15-6-8-20-22(27-15)10-11-24-25(20)30-17(14-29-24)13-26-16-7-9-19-18-4-2-3-5-21(18)28-23(19)12-16;;/h2-6,8,10-11,16-17,26,28H,7,9,12-14H2,1H3;2*1H/t16?,17-;;/m0../s1. The first-order valence-corrected chi connectivity index (χ1v) is 10.8. The normalized spacial score (nSPS) is 19.2. The van der Waals surface area contributed by atoms with Crippen LogP contribution in [0.15, 0.2) is 48.5 Å². The van der Waals surface area contributed by atoms with Crippen LogP contribution < -0.4 is 14.8 Å². The molecule has 168 valence electrons. The van der Waals surface area contributed by atoms with Gasteiger partial charge in [-0.15, -0.1) is 24.8 Å². The summed E-state index contributed by atoms with van der Waals surface area (Å²) in [6.45, 7) is 3.34. The maximum absolute atomic E-state index is 6.36. The molecular weight excluding hydrogens is 445 g/mol. The maximum atomic E-state index is 6.36. The van der Waals surface area contributed by atoms with Crippen molar-refractivity contribution >= 4 is 46.6 Å². The van der Waals surface area contributed by atoms with Crippen molar-refractivity contribution in [2.45, 2.75) is 38.3 Å². The number of aromatic nitrogens is 2. The Hall–Kier alpha value is -2.47. The fourth-order valence-electron chi connectivity index (χ4n) is 4.83. The van der Waals surface area contributed by atoms with Gasteiger partial charge in [-0.05, 0) is 55.7 Å². The number of halogens is 2. The number of benzene rings is 2. The second kappa shape index (κ2) is 9.18.